The van der Waals surface area contributed by atoms with Gasteiger partial charge < -0.3 is 16.4 Å². The van der Waals surface area contributed by atoms with Crippen molar-refractivity contribution in [1.82, 2.24) is 10.6 Å². The summed E-state index contributed by atoms with van der Waals surface area (Å²) in [5.74, 6) is -0.394. The van der Waals surface area contributed by atoms with Crippen molar-refractivity contribution in [3.8, 4) is 0 Å². The lowest BCUT2D eigenvalue weighted by atomic mass is 10.1. The van der Waals surface area contributed by atoms with Gasteiger partial charge in [0.2, 0.25) is 0 Å². The number of carbonyl (C=O) groups excluding carboxylic acids is 2. The van der Waals surface area contributed by atoms with E-state index in [0.29, 0.717) is 24.2 Å². The van der Waals surface area contributed by atoms with Gasteiger partial charge in [0.15, 0.2) is 0 Å². The van der Waals surface area contributed by atoms with Crippen LogP contribution < -0.4 is 16.4 Å². The summed E-state index contributed by atoms with van der Waals surface area (Å²) < 4.78 is 0. The molecule has 0 aliphatic carbocycles. The fourth-order valence-electron chi connectivity index (χ4n) is 1.55. The topological polar surface area (TPSA) is 84.2 Å². The van der Waals surface area contributed by atoms with Gasteiger partial charge in [-0.15, -0.1) is 12.4 Å². The molecule has 21 heavy (non-hydrogen) atoms. The largest absolute Gasteiger partial charge is 0.352 e. The van der Waals surface area contributed by atoms with Crippen molar-refractivity contribution in [2.24, 2.45) is 5.73 Å². The van der Waals surface area contributed by atoms with Gasteiger partial charge in [0.25, 0.3) is 11.8 Å². The Hall–Kier alpha value is -1.59. The lowest BCUT2D eigenvalue weighted by Gasteiger charge is -2.19. The normalized spacial score (nSPS) is 10.5. The molecule has 0 heterocycles. The quantitative estimate of drug-likeness (QED) is 0.747. The van der Waals surface area contributed by atoms with Gasteiger partial charge in [0.05, 0.1) is 0 Å². The molecule has 0 aliphatic rings. The van der Waals surface area contributed by atoms with Gasteiger partial charge >= 0.3 is 0 Å². The van der Waals surface area contributed by atoms with Crippen LogP contribution in [0.3, 0.4) is 0 Å². The van der Waals surface area contributed by atoms with E-state index in [1.807, 2.05) is 20.8 Å². The number of benzene rings is 1. The average molecular weight is 314 g/mol. The minimum atomic E-state index is -0.466. The van der Waals surface area contributed by atoms with Crippen LogP contribution in [0.1, 0.15) is 47.9 Å². The first-order valence-electron chi connectivity index (χ1n) is 6.79. The molecular weight excluding hydrogens is 290 g/mol. The highest BCUT2D eigenvalue weighted by Gasteiger charge is 2.14. The van der Waals surface area contributed by atoms with Crippen LogP contribution in [-0.2, 0) is 0 Å². The number of hydrogen-bond donors (Lipinski definition) is 3. The lowest BCUT2D eigenvalue weighted by molar-refractivity contribution is 0.0946. The summed E-state index contributed by atoms with van der Waals surface area (Å²) in [5.41, 5.74) is 6.29. The Balaban J connectivity index is 0.00000400. The third kappa shape index (κ3) is 7.11. The van der Waals surface area contributed by atoms with E-state index in [0.717, 1.165) is 6.42 Å². The first-order chi connectivity index (χ1) is 9.33. The zero-order valence-electron chi connectivity index (χ0n) is 12.7. The Morgan fingerprint density at radius 3 is 2.14 bits per heavy atom. The molecule has 0 radical (unpaired) electrons. The highest BCUT2D eigenvalue weighted by molar-refractivity contribution is 5.99. The van der Waals surface area contributed by atoms with Crippen molar-refractivity contribution in [2.75, 3.05) is 13.1 Å². The molecule has 1 aromatic carbocycles. The number of hydrogen-bond acceptors (Lipinski definition) is 3. The maximum absolute atomic E-state index is 12.0. The van der Waals surface area contributed by atoms with Crippen LogP contribution in [-0.4, -0.2) is 30.4 Å². The standard InChI is InChI=1S/C15H23N3O2.ClH/c1-4-8-17-13(19)11-6-5-7-12(9-11)14(20)18-10-15(2,3)16;/h5-7,9H,4,8,10,16H2,1-3H3,(H,17,19)(H,18,20);1H. The maximum atomic E-state index is 12.0. The molecule has 0 aliphatic heterocycles. The molecule has 0 fully saturated rings. The summed E-state index contributed by atoms with van der Waals surface area (Å²) in [6.07, 6.45) is 0.873. The van der Waals surface area contributed by atoms with E-state index in [1.165, 1.54) is 0 Å². The van der Waals surface area contributed by atoms with E-state index >= 15 is 0 Å². The minimum absolute atomic E-state index is 0. The third-order valence-electron chi connectivity index (χ3n) is 2.63. The van der Waals surface area contributed by atoms with Gasteiger partial charge in [-0.25, -0.2) is 0 Å². The van der Waals surface area contributed by atoms with Gasteiger partial charge in [0, 0.05) is 29.8 Å². The molecule has 1 aromatic rings. The number of amides is 2. The maximum Gasteiger partial charge on any atom is 0.251 e. The summed E-state index contributed by atoms with van der Waals surface area (Å²) >= 11 is 0. The second-order valence-electron chi connectivity index (χ2n) is 5.51. The molecule has 0 unspecified atom stereocenters. The van der Waals surface area contributed by atoms with Gasteiger partial charge in [-0.2, -0.15) is 0 Å². The summed E-state index contributed by atoms with van der Waals surface area (Å²) in [4.78, 5) is 23.8. The first-order valence-corrected chi connectivity index (χ1v) is 6.79. The molecule has 1 rings (SSSR count). The average Bonchev–Trinajstić information content (AvgIpc) is 2.41. The van der Waals surface area contributed by atoms with E-state index in [-0.39, 0.29) is 24.2 Å². The summed E-state index contributed by atoms with van der Waals surface area (Å²) in [5, 5.41) is 5.53. The minimum Gasteiger partial charge on any atom is -0.352 e. The number of nitrogens with two attached hydrogens (primary N) is 1. The molecule has 0 saturated heterocycles. The van der Waals surface area contributed by atoms with E-state index in [2.05, 4.69) is 10.6 Å². The summed E-state index contributed by atoms with van der Waals surface area (Å²) in [6.45, 7) is 6.65. The molecular formula is C15H24ClN3O2. The molecule has 2 amide bonds. The Bertz CT molecular complexity index is 484. The predicted molar refractivity (Wildman–Crippen MR) is 86.9 cm³/mol. The fraction of sp³-hybridized carbons (Fsp3) is 0.467. The molecule has 118 valence electrons. The van der Waals surface area contributed by atoms with Gasteiger partial charge in [-0.3, -0.25) is 9.59 Å². The van der Waals surface area contributed by atoms with Crippen molar-refractivity contribution in [1.29, 1.82) is 0 Å². The Kier molecular flexibility index (Phi) is 7.99. The van der Waals surface area contributed by atoms with Crippen LogP contribution in [0.5, 0.6) is 0 Å². The number of carbonyl (C=O) groups is 2. The second-order valence-corrected chi connectivity index (χ2v) is 5.51. The second kappa shape index (κ2) is 8.64. The van der Waals surface area contributed by atoms with Crippen LogP contribution in [0.15, 0.2) is 24.3 Å². The molecule has 6 heteroatoms. The number of halogens is 1. The van der Waals surface area contributed by atoms with E-state index in [1.54, 1.807) is 24.3 Å². The Morgan fingerprint density at radius 1 is 1.14 bits per heavy atom. The molecule has 0 spiro atoms. The third-order valence-corrected chi connectivity index (χ3v) is 2.63. The van der Waals surface area contributed by atoms with E-state index in [4.69, 9.17) is 5.73 Å². The molecule has 5 nitrogen and oxygen atoms in total. The first kappa shape index (κ1) is 19.4. The Labute approximate surface area is 132 Å². The highest BCUT2D eigenvalue weighted by atomic mass is 35.5. The fourth-order valence-corrected chi connectivity index (χ4v) is 1.55. The smallest absolute Gasteiger partial charge is 0.251 e. The van der Waals surface area contributed by atoms with Crippen LogP contribution >= 0.6 is 12.4 Å². The van der Waals surface area contributed by atoms with Crippen LogP contribution in [0.4, 0.5) is 0 Å². The van der Waals surface area contributed by atoms with Gasteiger partial charge in [0.1, 0.15) is 0 Å². The van der Waals surface area contributed by atoms with Crippen molar-refractivity contribution < 1.29 is 9.59 Å². The van der Waals surface area contributed by atoms with Gasteiger partial charge in [-0.05, 0) is 38.5 Å². The van der Waals surface area contributed by atoms with Crippen molar-refractivity contribution >= 4 is 24.2 Å². The van der Waals surface area contributed by atoms with Crippen molar-refractivity contribution in [3.05, 3.63) is 35.4 Å². The monoisotopic (exact) mass is 313 g/mol. The molecule has 0 bridgehead atoms. The summed E-state index contributed by atoms with van der Waals surface area (Å²) in [7, 11) is 0. The molecule has 0 aromatic heterocycles. The number of rotatable bonds is 6. The van der Waals surface area contributed by atoms with Crippen molar-refractivity contribution in [2.45, 2.75) is 32.7 Å². The predicted octanol–water partition coefficient (Wildman–Crippen LogP) is 1.72. The SMILES string of the molecule is CCCNC(=O)c1cccc(C(=O)NCC(C)(C)N)c1.Cl. The van der Waals surface area contributed by atoms with Crippen LogP contribution in [0, 0.1) is 0 Å². The zero-order valence-corrected chi connectivity index (χ0v) is 13.5. The number of nitrogens with one attached hydrogen (secondary N) is 2. The molecule has 4 N–H and O–H groups in total. The highest BCUT2D eigenvalue weighted by Crippen LogP contribution is 2.06. The summed E-state index contributed by atoms with van der Waals surface area (Å²) in [6, 6.07) is 6.65. The van der Waals surface area contributed by atoms with E-state index in [9.17, 15) is 9.59 Å². The Morgan fingerprint density at radius 2 is 1.67 bits per heavy atom. The van der Waals surface area contributed by atoms with Crippen LogP contribution in [0.25, 0.3) is 0 Å². The van der Waals surface area contributed by atoms with Crippen LogP contribution in [0.2, 0.25) is 0 Å². The molecule has 0 atom stereocenters. The van der Waals surface area contributed by atoms with E-state index < -0.39 is 5.54 Å². The van der Waals surface area contributed by atoms with Gasteiger partial charge in [-0.1, -0.05) is 13.0 Å². The molecule has 0 saturated carbocycles. The van der Waals surface area contributed by atoms with Crippen molar-refractivity contribution in [3.63, 3.8) is 0 Å². The lowest BCUT2D eigenvalue weighted by Crippen LogP contribution is -2.45. The zero-order chi connectivity index (χ0) is 15.2.